The number of aliphatic hydroxyl groups excluding tert-OH is 2. The van der Waals surface area contributed by atoms with Gasteiger partial charge in [-0.3, -0.25) is 0 Å². The first-order valence-corrected chi connectivity index (χ1v) is 3.76. The van der Waals surface area contributed by atoms with Gasteiger partial charge >= 0.3 is 0 Å². The minimum atomic E-state index is -1.82. The number of aliphatic hydroxyl groups is 3. The van der Waals surface area contributed by atoms with E-state index in [2.05, 4.69) is 4.67 Å². The van der Waals surface area contributed by atoms with Gasteiger partial charge in [-0.05, 0) is 0 Å². The van der Waals surface area contributed by atoms with Crippen LogP contribution < -0.4 is 0 Å². The van der Waals surface area contributed by atoms with Crippen LogP contribution in [0.4, 0.5) is 0 Å². The molecule has 0 fully saturated rings. The van der Waals surface area contributed by atoms with E-state index in [0.717, 1.165) is 0 Å². The van der Waals surface area contributed by atoms with Gasteiger partial charge in [0, 0.05) is 0 Å². The second kappa shape index (κ2) is 5.21. The topological polar surface area (TPSA) is 90.2 Å². The van der Waals surface area contributed by atoms with E-state index in [0.29, 0.717) is 0 Å². The molecule has 3 unspecified atom stereocenters. The van der Waals surface area contributed by atoms with Crippen molar-refractivity contribution in [2.45, 2.75) is 17.5 Å². The first kappa shape index (κ1) is 10.5. The molecule has 0 aromatic heterocycles. The highest BCUT2D eigenvalue weighted by molar-refractivity contribution is 7.32. The van der Waals surface area contributed by atoms with Gasteiger partial charge in [-0.15, -0.1) is 11.6 Å². The Kier molecular flexibility index (Phi) is 5.48. The summed E-state index contributed by atoms with van der Waals surface area (Å²) < 4.78 is 3.55. The fourth-order valence-electron chi connectivity index (χ4n) is 0.282. The minimum absolute atomic E-state index is 0.679. The number of hydrogen-bond acceptors (Lipinski definition) is 5. The zero-order valence-corrected chi connectivity index (χ0v) is 6.56. The Hall–Kier alpha value is 0.520. The Balaban J connectivity index is 3.58. The number of halogens is 1. The van der Waals surface area contributed by atoms with Crippen LogP contribution in [-0.2, 0) is 4.67 Å². The van der Waals surface area contributed by atoms with E-state index in [4.69, 9.17) is 32.2 Å². The molecule has 62 valence electrons. The smallest absolute Gasteiger partial charge is 0.171 e. The summed E-state index contributed by atoms with van der Waals surface area (Å²) in [5.74, 6) is -1.27. The number of hydrogen-bond donors (Lipinski definition) is 4. The van der Waals surface area contributed by atoms with Gasteiger partial charge < -0.3 is 15.3 Å². The second-order valence-corrected chi connectivity index (χ2v) is 3.03. The SMILES string of the molecule is OOPC(O)C(Cl)C(O)O. The summed E-state index contributed by atoms with van der Waals surface area (Å²) in [5.41, 5.74) is 0. The Morgan fingerprint density at radius 1 is 1.30 bits per heavy atom. The maximum atomic E-state index is 8.76. The molecule has 0 aliphatic heterocycles. The molecule has 10 heavy (non-hydrogen) atoms. The van der Waals surface area contributed by atoms with E-state index < -0.39 is 26.3 Å². The van der Waals surface area contributed by atoms with Crippen molar-refractivity contribution in [1.29, 1.82) is 0 Å². The summed E-state index contributed by atoms with van der Waals surface area (Å²) in [6.45, 7) is 0. The molecule has 0 aliphatic carbocycles. The van der Waals surface area contributed by atoms with Gasteiger partial charge in [0.05, 0.1) is 8.81 Å². The van der Waals surface area contributed by atoms with Crippen LogP contribution in [0, 0.1) is 0 Å². The summed E-state index contributed by atoms with van der Waals surface area (Å²) in [6.07, 6.45) is -1.82. The Bertz CT molecular complexity index is 91.0. The van der Waals surface area contributed by atoms with Gasteiger partial charge in [-0.2, -0.15) is 0 Å². The maximum Gasteiger partial charge on any atom is 0.171 e. The molecule has 0 saturated carbocycles. The second-order valence-electron chi connectivity index (χ2n) is 1.51. The zero-order valence-electron chi connectivity index (χ0n) is 4.81. The van der Waals surface area contributed by atoms with Crippen molar-refractivity contribution in [2.24, 2.45) is 0 Å². The maximum absolute atomic E-state index is 8.76. The molecule has 5 nitrogen and oxygen atoms in total. The predicted molar refractivity (Wildman–Crippen MR) is 35.9 cm³/mol. The van der Waals surface area contributed by atoms with Gasteiger partial charge in [0.15, 0.2) is 6.29 Å². The van der Waals surface area contributed by atoms with Gasteiger partial charge in [0.25, 0.3) is 0 Å². The van der Waals surface area contributed by atoms with Crippen molar-refractivity contribution in [1.82, 2.24) is 0 Å². The highest BCUT2D eigenvalue weighted by Crippen LogP contribution is 2.23. The lowest BCUT2D eigenvalue weighted by Gasteiger charge is -2.15. The van der Waals surface area contributed by atoms with Crippen molar-refractivity contribution in [2.75, 3.05) is 0 Å². The molecule has 0 rings (SSSR count). The van der Waals surface area contributed by atoms with Crippen molar-refractivity contribution in [3.63, 3.8) is 0 Å². The van der Waals surface area contributed by atoms with Crippen molar-refractivity contribution in [3.05, 3.63) is 0 Å². The van der Waals surface area contributed by atoms with E-state index >= 15 is 0 Å². The van der Waals surface area contributed by atoms with Gasteiger partial charge in [-0.1, -0.05) is 0 Å². The number of rotatable bonds is 4. The number of alkyl halides is 1. The van der Waals surface area contributed by atoms with Gasteiger partial charge in [0.2, 0.25) is 0 Å². The van der Waals surface area contributed by atoms with Crippen LogP contribution in [0.2, 0.25) is 0 Å². The Labute approximate surface area is 64.0 Å². The van der Waals surface area contributed by atoms with Crippen LogP contribution in [0.3, 0.4) is 0 Å². The van der Waals surface area contributed by atoms with E-state index in [1.54, 1.807) is 0 Å². The van der Waals surface area contributed by atoms with Crippen molar-refractivity contribution < 1.29 is 25.3 Å². The summed E-state index contributed by atoms with van der Waals surface area (Å²) in [5, 5.41) is 32.0. The van der Waals surface area contributed by atoms with E-state index in [1.807, 2.05) is 0 Å². The molecular weight excluding hydrogens is 182 g/mol. The summed E-state index contributed by atoms with van der Waals surface area (Å²) in [4.78, 5) is 0. The van der Waals surface area contributed by atoms with Crippen LogP contribution in [0.15, 0.2) is 0 Å². The molecule has 0 bridgehead atoms. The molecule has 0 aromatic rings. The quantitative estimate of drug-likeness (QED) is 0.155. The third kappa shape index (κ3) is 3.63. The summed E-state index contributed by atoms with van der Waals surface area (Å²) in [6, 6.07) is 0. The third-order valence-corrected chi connectivity index (χ3v) is 2.14. The fourth-order valence-corrected chi connectivity index (χ4v) is 0.846. The first-order chi connectivity index (χ1) is 4.59. The molecular formula is C3H8ClO5P. The summed E-state index contributed by atoms with van der Waals surface area (Å²) in [7, 11) is -0.679. The normalized spacial score (nSPS) is 18.6. The molecule has 3 atom stereocenters. The molecule has 0 saturated heterocycles. The molecule has 7 heteroatoms. The van der Waals surface area contributed by atoms with Crippen LogP contribution in [0.5, 0.6) is 0 Å². The fraction of sp³-hybridized carbons (Fsp3) is 1.00. The molecule has 4 N–H and O–H groups in total. The lowest BCUT2D eigenvalue weighted by atomic mass is 10.4. The predicted octanol–water partition coefficient (Wildman–Crippen LogP) is -0.694. The largest absolute Gasteiger partial charge is 0.385 e. The summed E-state index contributed by atoms with van der Waals surface area (Å²) >= 11 is 5.21. The molecule has 0 aliphatic rings. The van der Waals surface area contributed by atoms with Gasteiger partial charge in [0.1, 0.15) is 11.2 Å². The van der Waals surface area contributed by atoms with Crippen molar-refractivity contribution >= 4 is 20.4 Å². The molecule has 0 aromatic carbocycles. The van der Waals surface area contributed by atoms with Crippen molar-refractivity contribution in [3.8, 4) is 0 Å². The van der Waals surface area contributed by atoms with E-state index in [-0.39, 0.29) is 0 Å². The van der Waals surface area contributed by atoms with E-state index in [9.17, 15) is 0 Å². The van der Waals surface area contributed by atoms with E-state index in [1.165, 1.54) is 0 Å². The highest BCUT2D eigenvalue weighted by atomic mass is 35.5. The molecule has 0 heterocycles. The minimum Gasteiger partial charge on any atom is -0.385 e. The monoisotopic (exact) mass is 190 g/mol. The highest BCUT2D eigenvalue weighted by Gasteiger charge is 2.23. The molecule has 0 radical (unpaired) electrons. The van der Waals surface area contributed by atoms with Gasteiger partial charge in [-0.25, -0.2) is 9.93 Å². The Morgan fingerprint density at radius 3 is 2.10 bits per heavy atom. The van der Waals surface area contributed by atoms with Crippen LogP contribution >= 0.6 is 20.4 Å². The molecule has 0 amide bonds. The first-order valence-electron chi connectivity index (χ1n) is 2.33. The lowest BCUT2D eigenvalue weighted by Crippen LogP contribution is -2.29. The van der Waals surface area contributed by atoms with Crippen LogP contribution in [0.1, 0.15) is 0 Å². The average molecular weight is 191 g/mol. The lowest BCUT2D eigenvalue weighted by molar-refractivity contribution is -0.128. The third-order valence-electron chi connectivity index (χ3n) is 0.760. The Morgan fingerprint density at radius 2 is 1.80 bits per heavy atom. The van der Waals surface area contributed by atoms with Crippen LogP contribution in [-0.4, -0.2) is 38.1 Å². The van der Waals surface area contributed by atoms with Crippen LogP contribution in [0.25, 0.3) is 0 Å². The zero-order chi connectivity index (χ0) is 8.15. The molecule has 0 spiro atoms. The standard InChI is InChI=1S/C3H8ClO5P/c4-1(2(5)6)3(7)10-9-8/h1-3,5-8,10H. The average Bonchev–Trinajstić information content (AvgIpc) is 1.87.